The molecule has 0 aromatic carbocycles. The largest absolute Gasteiger partial charge is 0.478 e. The Kier molecular flexibility index (Phi) is 3.06. The molecule has 0 saturated carbocycles. The van der Waals surface area contributed by atoms with E-state index in [0.29, 0.717) is 17.4 Å². The second kappa shape index (κ2) is 4.73. The van der Waals surface area contributed by atoms with Crippen LogP contribution in [0.5, 0.6) is 0 Å². The van der Waals surface area contributed by atoms with Crippen molar-refractivity contribution in [1.82, 2.24) is 14.8 Å². The highest BCUT2D eigenvalue weighted by Gasteiger charge is 2.21. The third-order valence-corrected chi connectivity index (χ3v) is 4.43. The number of nitrogens with zero attached hydrogens (tertiary/aromatic N) is 3. The predicted molar refractivity (Wildman–Crippen MR) is 74.8 cm³/mol. The van der Waals surface area contributed by atoms with Crippen molar-refractivity contribution in [3.63, 3.8) is 0 Å². The van der Waals surface area contributed by atoms with E-state index < -0.39 is 5.97 Å². The lowest BCUT2D eigenvalue weighted by atomic mass is 10.1. The number of aryl methyl sites for hydroxylation is 1. The molecule has 1 aliphatic heterocycles. The molecule has 0 radical (unpaired) electrons. The van der Waals surface area contributed by atoms with E-state index in [1.165, 1.54) is 6.20 Å². The summed E-state index contributed by atoms with van der Waals surface area (Å²) in [5.74, 6) is 1.15. The van der Waals surface area contributed by atoms with Gasteiger partial charge in [-0.25, -0.2) is 9.78 Å². The molecular formula is C12H14N4O2S. The maximum Gasteiger partial charge on any atom is 0.339 e. The molecule has 1 fully saturated rings. The zero-order valence-electron chi connectivity index (χ0n) is 10.5. The van der Waals surface area contributed by atoms with Crippen LogP contribution >= 0.6 is 11.8 Å². The number of hydrogen-bond acceptors (Lipinski definition) is 5. The standard InChI is InChI=1S/C12H14N4O2S/c1-16-11-8(5-14-16)10(9(4-13-11)12(17)18)15-7-2-3-19-6-7/h4-5,7H,2-3,6H2,1H3,(H,13,15)(H,17,18). The van der Waals surface area contributed by atoms with Crippen molar-refractivity contribution >= 4 is 34.5 Å². The first-order valence-electron chi connectivity index (χ1n) is 6.05. The molecule has 6 nitrogen and oxygen atoms in total. The molecule has 3 heterocycles. The van der Waals surface area contributed by atoms with Gasteiger partial charge < -0.3 is 10.4 Å². The first-order valence-corrected chi connectivity index (χ1v) is 7.20. The smallest absolute Gasteiger partial charge is 0.339 e. The number of carbonyl (C=O) groups is 1. The molecule has 0 spiro atoms. The van der Waals surface area contributed by atoms with Crippen LogP contribution in [0.4, 0.5) is 5.69 Å². The summed E-state index contributed by atoms with van der Waals surface area (Å²) in [5.41, 5.74) is 1.54. The summed E-state index contributed by atoms with van der Waals surface area (Å²) < 4.78 is 1.65. The average molecular weight is 278 g/mol. The summed E-state index contributed by atoms with van der Waals surface area (Å²) in [4.78, 5) is 15.5. The van der Waals surface area contributed by atoms with Crippen molar-refractivity contribution in [2.75, 3.05) is 16.8 Å². The van der Waals surface area contributed by atoms with E-state index >= 15 is 0 Å². The van der Waals surface area contributed by atoms with Crippen molar-refractivity contribution in [2.24, 2.45) is 7.05 Å². The zero-order valence-corrected chi connectivity index (χ0v) is 11.3. The first-order chi connectivity index (χ1) is 9.16. The number of anilines is 1. The van der Waals surface area contributed by atoms with Crippen molar-refractivity contribution in [2.45, 2.75) is 12.5 Å². The van der Waals surface area contributed by atoms with E-state index in [2.05, 4.69) is 15.4 Å². The Balaban J connectivity index is 2.10. The van der Waals surface area contributed by atoms with Crippen LogP contribution in [0, 0.1) is 0 Å². The second-order valence-corrected chi connectivity index (χ2v) is 5.71. The van der Waals surface area contributed by atoms with Gasteiger partial charge in [0.1, 0.15) is 5.56 Å². The van der Waals surface area contributed by atoms with Crippen LogP contribution in [0.1, 0.15) is 16.8 Å². The molecule has 2 aromatic heterocycles. The van der Waals surface area contributed by atoms with Crippen LogP contribution in [0.25, 0.3) is 11.0 Å². The van der Waals surface area contributed by atoms with Gasteiger partial charge in [-0.2, -0.15) is 16.9 Å². The minimum Gasteiger partial charge on any atom is -0.478 e. The number of nitrogens with one attached hydrogen (secondary N) is 1. The van der Waals surface area contributed by atoms with E-state index in [9.17, 15) is 9.90 Å². The van der Waals surface area contributed by atoms with E-state index in [0.717, 1.165) is 23.3 Å². The third-order valence-electron chi connectivity index (χ3n) is 3.27. The molecule has 0 aliphatic carbocycles. The number of carboxylic acid groups (broad SMARTS) is 1. The Morgan fingerprint density at radius 2 is 2.42 bits per heavy atom. The number of thioether (sulfide) groups is 1. The first kappa shape index (κ1) is 12.3. The lowest BCUT2D eigenvalue weighted by Gasteiger charge is -2.15. The van der Waals surface area contributed by atoms with Crippen LogP contribution < -0.4 is 5.32 Å². The lowest BCUT2D eigenvalue weighted by Crippen LogP contribution is -2.20. The molecule has 2 N–H and O–H groups in total. The number of rotatable bonds is 3. The number of aromatic nitrogens is 3. The van der Waals surface area contributed by atoms with Gasteiger partial charge in [0.05, 0.1) is 17.3 Å². The van der Waals surface area contributed by atoms with Gasteiger partial charge in [-0.05, 0) is 12.2 Å². The van der Waals surface area contributed by atoms with Gasteiger partial charge >= 0.3 is 5.97 Å². The summed E-state index contributed by atoms with van der Waals surface area (Å²) in [6, 6.07) is 0.314. The third kappa shape index (κ3) is 2.14. The molecule has 3 rings (SSSR count). The second-order valence-electron chi connectivity index (χ2n) is 4.56. The topological polar surface area (TPSA) is 80.0 Å². The zero-order chi connectivity index (χ0) is 13.4. The number of hydrogen-bond donors (Lipinski definition) is 2. The minimum absolute atomic E-state index is 0.206. The molecular weight excluding hydrogens is 264 g/mol. The van der Waals surface area contributed by atoms with E-state index in [4.69, 9.17) is 0 Å². The maximum atomic E-state index is 11.3. The highest BCUT2D eigenvalue weighted by Crippen LogP contribution is 2.29. The van der Waals surface area contributed by atoms with E-state index in [-0.39, 0.29) is 5.56 Å². The van der Waals surface area contributed by atoms with Crippen LogP contribution in [-0.2, 0) is 7.05 Å². The summed E-state index contributed by atoms with van der Waals surface area (Å²) in [7, 11) is 1.80. The van der Waals surface area contributed by atoms with Gasteiger partial charge in [-0.15, -0.1) is 0 Å². The summed E-state index contributed by atoms with van der Waals surface area (Å²) in [5, 5.41) is 17.6. The maximum absolute atomic E-state index is 11.3. The van der Waals surface area contributed by atoms with Gasteiger partial charge in [0, 0.05) is 25.0 Å². The quantitative estimate of drug-likeness (QED) is 0.887. The number of pyridine rings is 1. The molecule has 1 aliphatic rings. The molecule has 7 heteroatoms. The normalized spacial score (nSPS) is 18.9. The number of carboxylic acids is 1. The van der Waals surface area contributed by atoms with E-state index in [1.807, 2.05) is 11.8 Å². The molecule has 0 bridgehead atoms. The Bertz CT molecular complexity index is 634. The molecule has 19 heavy (non-hydrogen) atoms. The fourth-order valence-electron chi connectivity index (χ4n) is 2.27. The molecule has 0 amide bonds. The van der Waals surface area contributed by atoms with Crippen LogP contribution in [0.15, 0.2) is 12.4 Å². The fourth-order valence-corrected chi connectivity index (χ4v) is 3.42. The van der Waals surface area contributed by atoms with Gasteiger partial charge in [-0.3, -0.25) is 4.68 Å². The molecule has 1 unspecified atom stereocenters. The van der Waals surface area contributed by atoms with Crippen molar-refractivity contribution < 1.29 is 9.90 Å². The summed E-state index contributed by atoms with van der Waals surface area (Å²) >= 11 is 1.88. The van der Waals surface area contributed by atoms with Gasteiger partial charge in [0.25, 0.3) is 0 Å². The van der Waals surface area contributed by atoms with Gasteiger partial charge in [0.2, 0.25) is 0 Å². The van der Waals surface area contributed by atoms with Gasteiger partial charge in [0.15, 0.2) is 5.65 Å². The van der Waals surface area contributed by atoms with E-state index in [1.54, 1.807) is 17.9 Å². The van der Waals surface area contributed by atoms with Crippen LogP contribution in [0.3, 0.4) is 0 Å². The lowest BCUT2D eigenvalue weighted by molar-refractivity contribution is 0.0697. The van der Waals surface area contributed by atoms with Crippen molar-refractivity contribution in [3.8, 4) is 0 Å². The molecule has 2 aromatic rings. The molecule has 1 atom stereocenters. The van der Waals surface area contributed by atoms with Crippen molar-refractivity contribution in [3.05, 3.63) is 18.0 Å². The van der Waals surface area contributed by atoms with Crippen LogP contribution in [0.2, 0.25) is 0 Å². The van der Waals surface area contributed by atoms with Gasteiger partial charge in [-0.1, -0.05) is 0 Å². The predicted octanol–water partition coefficient (Wildman–Crippen LogP) is 1.58. The number of fused-ring (bicyclic) bond motifs is 1. The minimum atomic E-state index is -0.966. The SMILES string of the molecule is Cn1ncc2c(NC3CCSC3)c(C(=O)O)cnc21. The van der Waals surface area contributed by atoms with Crippen molar-refractivity contribution in [1.29, 1.82) is 0 Å². The highest BCUT2D eigenvalue weighted by atomic mass is 32.2. The Morgan fingerprint density at radius 1 is 1.58 bits per heavy atom. The molecule has 1 saturated heterocycles. The highest BCUT2D eigenvalue weighted by molar-refractivity contribution is 7.99. The number of aromatic carboxylic acids is 1. The average Bonchev–Trinajstić information content (AvgIpc) is 3.00. The fraction of sp³-hybridized carbons (Fsp3) is 0.417. The summed E-state index contributed by atoms with van der Waals surface area (Å²) in [6.45, 7) is 0. The monoisotopic (exact) mass is 278 g/mol. The Morgan fingerprint density at radius 3 is 3.11 bits per heavy atom. The Hall–Kier alpha value is -1.76. The molecule has 100 valence electrons. The summed E-state index contributed by atoms with van der Waals surface area (Å²) in [6.07, 6.45) is 4.11. The Labute approximate surface area is 114 Å². The van der Waals surface area contributed by atoms with Crippen LogP contribution in [-0.4, -0.2) is 43.4 Å².